The molecule has 4 heteroatoms. The Morgan fingerprint density at radius 1 is 0.821 bits per heavy atom. The van der Waals surface area contributed by atoms with E-state index in [1.807, 2.05) is 13.8 Å². The third-order valence-electron chi connectivity index (χ3n) is 6.40. The summed E-state index contributed by atoms with van der Waals surface area (Å²) in [6.07, 6.45) is 9.29. The van der Waals surface area contributed by atoms with Gasteiger partial charge in [0.1, 0.15) is 5.41 Å². The molecule has 0 saturated carbocycles. The molecule has 28 heavy (non-hydrogen) atoms. The van der Waals surface area contributed by atoms with Crippen molar-refractivity contribution in [2.24, 2.45) is 11.3 Å². The standard InChI is InChI=1S/C24H40O4/c1-6-11-14-17-18(15-12-7-2)20(9-4)24(10-5,23(27)28)21(22(25)26)19(17)16-13-8-3/h21H,6-16H2,1-5H3,(H,25,26)(H,27,28). The summed E-state index contributed by atoms with van der Waals surface area (Å²) in [5, 5.41) is 20.6. The number of carbonyl (C=O) groups is 2. The number of carboxylic acids is 2. The van der Waals surface area contributed by atoms with Gasteiger partial charge in [0.05, 0.1) is 5.92 Å². The summed E-state index contributed by atoms with van der Waals surface area (Å²) in [6.45, 7) is 10.2. The highest BCUT2D eigenvalue weighted by Gasteiger charge is 2.55. The Bertz CT molecular complexity index is 614. The molecule has 0 aliphatic heterocycles. The number of hydrogen-bond acceptors (Lipinski definition) is 2. The normalized spacial score (nSPS) is 22.7. The number of aliphatic carboxylic acids is 2. The minimum absolute atomic E-state index is 0.314. The van der Waals surface area contributed by atoms with Gasteiger partial charge in [-0.2, -0.15) is 0 Å². The van der Waals surface area contributed by atoms with Crippen molar-refractivity contribution >= 4 is 11.9 Å². The highest BCUT2D eigenvalue weighted by atomic mass is 16.4. The zero-order valence-electron chi connectivity index (χ0n) is 18.6. The lowest BCUT2D eigenvalue weighted by Gasteiger charge is -2.44. The van der Waals surface area contributed by atoms with Gasteiger partial charge in [0.2, 0.25) is 0 Å². The van der Waals surface area contributed by atoms with E-state index < -0.39 is 23.3 Å². The Kier molecular flexibility index (Phi) is 9.98. The fraction of sp³-hybridized carbons (Fsp3) is 0.750. The third kappa shape index (κ3) is 4.69. The van der Waals surface area contributed by atoms with Gasteiger partial charge in [-0.15, -0.1) is 0 Å². The molecule has 0 amide bonds. The molecular formula is C24H40O4. The van der Waals surface area contributed by atoms with Gasteiger partial charge in [-0.05, 0) is 68.1 Å². The molecule has 0 aromatic rings. The molecule has 2 atom stereocenters. The van der Waals surface area contributed by atoms with Crippen molar-refractivity contribution in [2.45, 2.75) is 105 Å². The smallest absolute Gasteiger partial charge is 0.315 e. The Labute approximate surface area is 171 Å². The molecule has 1 rings (SSSR count). The van der Waals surface area contributed by atoms with Crippen LogP contribution in [-0.2, 0) is 9.59 Å². The second kappa shape index (κ2) is 11.4. The van der Waals surface area contributed by atoms with Gasteiger partial charge in [0, 0.05) is 0 Å². The maximum atomic E-state index is 12.6. The van der Waals surface area contributed by atoms with Gasteiger partial charge in [-0.25, -0.2) is 0 Å². The van der Waals surface area contributed by atoms with E-state index in [1.165, 1.54) is 11.1 Å². The topological polar surface area (TPSA) is 74.6 Å². The maximum Gasteiger partial charge on any atom is 0.315 e. The quantitative estimate of drug-likeness (QED) is 0.363. The van der Waals surface area contributed by atoms with Gasteiger partial charge in [-0.1, -0.05) is 59.5 Å². The largest absolute Gasteiger partial charge is 0.481 e. The zero-order valence-corrected chi connectivity index (χ0v) is 18.6. The number of allylic oxidation sites excluding steroid dienone is 2. The van der Waals surface area contributed by atoms with E-state index in [9.17, 15) is 19.8 Å². The van der Waals surface area contributed by atoms with Gasteiger partial charge < -0.3 is 10.2 Å². The molecule has 160 valence electrons. The summed E-state index contributed by atoms with van der Waals surface area (Å²) >= 11 is 0. The van der Waals surface area contributed by atoms with Crippen LogP contribution in [0.4, 0.5) is 0 Å². The average Bonchev–Trinajstić information content (AvgIpc) is 2.67. The highest BCUT2D eigenvalue weighted by Crippen LogP contribution is 2.54. The molecule has 0 aromatic heterocycles. The number of unbranched alkanes of at least 4 members (excludes halogenated alkanes) is 3. The predicted molar refractivity (Wildman–Crippen MR) is 114 cm³/mol. The van der Waals surface area contributed by atoms with E-state index in [2.05, 4.69) is 20.8 Å². The van der Waals surface area contributed by atoms with Crippen molar-refractivity contribution in [3.8, 4) is 0 Å². The Morgan fingerprint density at radius 3 is 1.71 bits per heavy atom. The summed E-state index contributed by atoms with van der Waals surface area (Å²) in [5.74, 6) is -2.91. The molecule has 0 spiro atoms. The SMILES string of the molecule is CCCCC1=C(CCCC)C(C(=O)O)C(CC)(C(=O)O)C(CC)=C1CCCC. The fourth-order valence-corrected chi connectivity index (χ4v) is 4.98. The fourth-order valence-electron chi connectivity index (χ4n) is 4.98. The van der Waals surface area contributed by atoms with Crippen LogP contribution in [-0.4, -0.2) is 22.2 Å². The second-order valence-corrected chi connectivity index (χ2v) is 8.03. The second-order valence-electron chi connectivity index (χ2n) is 8.03. The highest BCUT2D eigenvalue weighted by molar-refractivity contribution is 5.90. The van der Waals surface area contributed by atoms with Crippen molar-refractivity contribution in [3.05, 3.63) is 22.3 Å². The summed E-state index contributed by atoms with van der Waals surface area (Å²) in [4.78, 5) is 25.1. The summed E-state index contributed by atoms with van der Waals surface area (Å²) < 4.78 is 0. The molecule has 0 aromatic carbocycles. The number of carboxylic acid groups (broad SMARTS) is 2. The molecule has 4 nitrogen and oxygen atoms in total. The summed E-state index contributed by atoms with van der Waals surface area (Å²) in [5.41, 5.74) is 2.80. The number of rotatable bonds is 13. The van der Waals surface area contributed by atoms with Crippen LogP contribution in [0.1, 0.15) is 105 Å². The molecule has 2 N–H and O–H groups in total. The lowest BCUT2D eigenvalue weighted by molar-refractivity contribution is -0.158. The van der Waals surface area contributed by atoms with Gasteiger partial charge in [0.15, 0.2) is 0 Å². The van der Waals surface area contributed by atoms with E-state index in [0.717, 1.165) is 62.5 Å². The van der Waals surface area contributed by atoms with E-state index in [0.29, 0.717) is 19.3 Å². The molecule has 0 heterocycles. The van der Waals surface area contributed by atoms with Crippen molar-refractivity contribution in [2.75, 3.05) is 0 Å². The predicted octanol–water partition coefficient (Wildman–Crippen LogP) is 6.76. The van der Waals surface area contributed by atoms with Crippen LogP contribution in [0.15, 0.2) is 22.3 Å². The molecular weight excluding hydrogens is 352 g/mol. The van der Waals surface area contributed by atoms with Crippen LogP contribution in [0, 0.1) is 11.3 Å². The molecule has 0 radical (unpaired) electrons. The Hall–Kier alpha value is -1.58. The van der Waals surface area contributed by atoms with E-state index in [1.54, 1.807) is 0 Å². The van der Waals surface area contributed by atoms with Crippen LogP contribution in [0.25, 0.3) is 0 Å². The van der Waals surface area contributed by atoms with Crippen LogP contribution >= 0.6 is 0 Å². The minimum Gasteiger partial charge on any atom is -0.481 e. The first-order valence-corrected chi connectivity index (χ1v) is 11.3. The first-order valence-electron chi connectivity index (χ1n) is 11.3. The van der Waals surface area contributed by atoms with Crippen LogP contribution in [0.2, 0.25) is 0 Å². The molecule has 1 aliphatic carbocycles. The molecule has 2 unspecified atom stereocenters. The van der Waals surface area contributed by atoms with Crippen LogP contribution < -0.4 is 0 Å². The van der Waals surface area contributed by atoms with Gasteiger partial charge >= 0.3 is 11.9 Å². The third-order valence-corrected chi connectivity index (χ3v) is 6.40. The lowest BCUT2D eigenvalue weighted by atomic mass is 9.57. The summed E-state index contributed by atoms with van der Waals surface area (Å²) in [6, 6.07) is 0. The average molecular weight is 393 g/mol. The van der Waals surface area contributed by atoms with Crippen LogP contribution in [0.3, 0.4) is 0 Å². The van der Waals surface area contributed by atoms with E-state index >= 15 is 0 Å². The van der Waals surface area contributed by atoms with Crippen molar-refractivity contribution in [1.29, 1.82) is 0 Å². The molecule has 0 saturated heterocycles. The molecule has 0 fully saturated rings. The number of hydrogen-bond donors (Lipinski definition) is 2. The maximum absolute atomic E-state index is 12.6. The monoisotopic (exact) mass is 392 g/mol. The molecule has 1 aliphatic rings. The Balaban J connectivity index is 3.86. The van der Waals surface area contributed by atoms with E-state index in [4.69, 9.17) is 0 Å². The Morgan fingerprint density at radius 2 is 1.32 bits per heavy atom. The lowest BCUT2D eigenvalue weighted by Crippen LogP contribution is -2.47. The van der Waals surface area contributed by atoms with Gasteiger partial charge in [0.25, 0.3) is 0 Å². The van der Waals surface area contributed by atoms with Gasteiger partial charge in [-0.3, -0.25) is 9.59 Å². The molecule has 0 bridgehead atoms. The zero-order chi connectivity index (χ0) is 21.3. The van der Waals surface area contributed by atoms with E-state index in [-0.39, 0.29) is 0 Å². The van der Waals surface area contributed by atoms with Crippen molar-refractivity contribution in [1.82, 2.24) is 0 Å². The minimum atomic E-state index is -1.32. The first-order chi connectivity index (χ1) is 13.4. The summed E-state index contributed by atoms with van der Waals surface area (Å²) in [7, 11) is 0. The van der Waals surface area contributed by atoms with Crippen LogP contribution in [0.5, 0.6) is 0 Å². The van der Waals surface area contributed by atoms with Crippen molar-refractivity contribution in [3.63, 3.8) is 0 Å². The first kappa shape index (κ1) is 24.5. The van der Waals surface area contributed by atoms with Crippen molar-refractivity contribution < 1.29 is 19.8 Å².